The maximum Gasteiger partial charge on any atom is 0.341 e. The summed E-state index contributed by atoms with van der Waals surface area (Å²) in [5, 5.41) is 3.45. The minimum atomic E-state index is -0.382. The van der Waals surface area contributed by atoms with Crippen molar-refractivity contribution in [2.45, 2.75) is 64.9 Å². The lowest BCUT2D eigenvalue weighted by Crippen LogP contribution is -2.15. The molecular weight excluding hydrogens is 450 g/mol. The molecular formula is C27H29NO5S. The quantitative estimate of drug-likeness (QED) is 0.395. The number of furan rings is 1. The molecule has 1 amide bonds. The molecule has 0 unspecified atom stereocenters. The van der Waals surface area contributed by atoms with Crippen LogP contribution in [0.5, 0.6) is 5.75 Å². The zero-order chi connectivity index (χ0) is 23.5. The van der Waals surface area contributed by atoms with Crippen molar-refractivity contribution in [3.63, 3.8) is 0 Å². The number of esters is 1. The van der Waals surface area contributed by atoms with Gasteiger partial charge in [0.15, 0.2) is 5.76 Å². The van der Waals surface area contributed by atoms with Gasteiger partial charge < -0.3 is 19.2 Å². The number of hydrogen-bond donors (Lipinski definition) is 1. The maximum atomic E-state index is 12.9. The fourth-order valence-corrected chi connectivity index (χ4v) is 5.94. The monoisotopic (exact) mass is 479 g/mol. The van der Waals surface area contributed by atoms with Gasteiger partial charge in [0.25, 0.3) is 5.91 Å². The summed E-state index contributed by atoms with van der Waals surface area (Å²) in [5.74, 6) is 0.819. The number of benzene rings is 1. The van der Waals surface area contributed by atoms with Crippen molar-refractivity contribution >= 4 is 28.2 Å². The highest BCUT2D eigenvalue weighted by Gasteiger charge is 2.28. The number of carbonyl (C=O) groups excluding carboxylic acids is 2. The van der Waals surface area contributed by atoms with Gasteiger partial charge in [-0.15, -0.1) is 11.3 Å². The second kappa shape index (κ2) is 10.1. The van der Waals surface area contributed by atoms with Crippen LogP contribution in [0.1, 0.15) is 80.8 Å². The van der Waals surface area contributed by atoms with Gasteiger partial charge in [-0.3, -0.25) is 4.79 Å². The predicted molar refractivity (Wildman–Crippen MR) is 131 cm³/mol. The van der Waals surface area contributed by atoms with Crippen molar-refractivity contribution < 1.29 is 23.5 Å². The normalized spacial score (nSPS) is 14.4. The Morgan fingerprint density at radius 3 is 2.76 bits per heavy atom. The molecule has 0 spiro atoms. The van der Waals surface area contributed by atoms with Crippen molar-refractivity contribution in [3.8, 4) is 5.75 Å². The Labute approximate surface area is 203 Å². The lowest BCUT2D eigenvalue weighted by Gasteiger charge is -2.12. The predicted octanol–water partition coefficient (Wildman–Crippen LogP) is 6.11. The number of rotatable bonds is 8. The molecule has 2 heterocycles. The van der Waals surface area contributed by atoms with Gasteiger partial charge in [-0.05, 0) is 92.3 Å². The Kier molecular flexibility index (Phi) is 6.72. The van der Waals surface area contributed by atoms with Crippen LogP contribution in [0.3, 0.4) is 0 Å². The molecule has 6 nitrogen and oxygen atoms in total. The molecule has 0 saturated heterocycles. The molecule has 0 fully saturated rings. The zero-order valence-electron chi connectivity index (χ0n) is 19.4. The SMILES string of the molecule is CCCOC(=O)c1c(NC(=O)c2ccc(COc3ccc4c(c3)CCC4)o2)sc2c1CCCC2. The number of carbonyl (C=O) groups is 2. The molecule has 34 heavy (non-hydrogen) atoms. The molecule has 1 N–H and O–H groups in total. The summed E-state index contributed by atoms with van der Waals surface area (Å²) in [7, 11) is 0. The summed E-state index contributed by atoms with van der Waals surface area (Å²) in [6.07, 6.45) is 8.07. The van der Waals surface area contributed by atoms with Crippen LogP contribution in [-0.4, -0.2) is 18.5 Å². The Balaban J connectivity index is 1.27. The highest BCUT2D eigenvalue weighted by molar-refractivity contribution is 7.17. The summed E-state index contributed by atoms with van der Waals surface area (Å²) >= 11 is 1.47. The van der Waals surface area contributed by atoms with E-state index in [1.807, 2.05) is 13.0 Å². The molecule has 1 aromatic carbocycles. The first kappa shape index (κ1) is 22.7. The van der Waals surface area contributed by atoms with E-state index in [1.54, 1.807) is 12.1 Å². The Morgan fingerprint density at radius 2 is 1.88 bits per heavy atom. The molecule has 0 aliphatic heterocycles. The van der Waals surface area contributed by atoms with E-state index in [0.29, 0.717) is 22.9 Å². The number of fused-ring (bicyclic) bond motifs is 2. The van der Waals surface area contributed by atoms with Crippen LogP contribution in [0.4, 0.5) is 5.00 Å². The second-order valence-electron chi connectivity index (χ2n) is 8.84. The topological polar surface area (TPSA) is 77.8 Å². The van der Waals surface area contributed by atoms with Gasteiger partial charge in [0.05, 0.1) is 12.2 Å². The van der Waals surface area contributed by atoms with E-state index < -0.39 is 0 Å². The first-order chi connectivity index (χ1) is 16.6. The molecule has 2 aliphatic rings. The summed E-state index contributed by atoms with van der Waals surface area (Å²) in [5.41, 5.74) is 4.28. The minimum absolute atomic E-state index is 0.187. The average molecular weight is 480 g/mol. The van der Waals surface area contributed by atoms with E-state index in [4.69, 9.17) is 13.9 Å². The van der Waals surface area contributed by atoms with Crippen LogP contribution in [0.2, 0.25) is 0 Å². The number of aryl methyl sites for hydroxylation is 3. The summed E-state index contributed by atoms with van der Waals surface area (Å²) < 4.78 is 17.0. The van der Waals surface area contributed by atoms with Crippen LogP contribution >= 0.6 is 11.3 Å². The van der Waals surface area contributed by atoms with Gasteiger partial charge >= 0.3 is 5.97 Å². The lowest BCUT2D eigenvalue weighted by atomic mass is 9.95. The number of nitrogens with one attached hydrogen (secondary N) is 1. The van der Waals surface area contributed by atoms with Gasteiger partial charge in [0.2, 0.25) is 0 Å². The fourth-order valence-electron chi connectivity index (χ4n) is 4.67. The van der Waals surface area contributed by atoms with Crippen molar-refractivity contribution in [2.75, 3.05) is 11.9 Å². The first-order valence-corrected chi connectivity index (χ1v) is 12.9. The largest absolute Gasteiger partial charge is 0.486 e. The number of ether oxygens (including phenoxy) is 2. The van der Waals surface area contributed by atoms with E-state index in [2.05, 4.69) is 17.4 Å². The van der Waals surface area contributed by atoms with Crippen molar-refractivity contribution in [1.29, 1.82) is 0 Å². The third-order valence-electron chi connectivity index (χ3n) is 6.38. The summed E-state index contributed by atoms with van der Waals surface area (Å²) in [6.45, 7) is 2.57. The Morgan fingerprint density at radius 1 is 1.03 bits per heavy atom. The molecule has 2 aromatic heterocycles. The van der Waals surface area contributed by atoms with Gasteiger partial charge in [-0.2, -0.15) is 0 Å². The fraction of sp³-hybridized carbons (Fsp3) is 0.407. The highest BCUT2D eigenvalue weighted by Crippen LogP contribution is 2.39. The van der Waals surface area contributed by atoms with E-state index in [1.165, 1.54) is 28.9 Å². The average Bonchev–Trinajstić information content (AvgIpc) is 3.58. The molecule has 0 radical (unpaired) electrons. The van der Waals surface area contributed by atoms with E-state index in [-0.39, 0.29) is 24.2 Å². The molecule has 178 valence electrons. The van der Waals surface area contributed by atoms with Crippen LogP contribution in [-0.2, 0) is 37.0 Å². The van der Waals surface area contributed by atoms with E-state index in [9.17, 15) is 9.59 Å². The summed E-state index contributed by atoms with van der Waals surface area (Å²) in [6, 6.07) is 9.59. The van der Waals surface area contributed by atoms with Crippen molar-refractivity contribution in [1.82, 2.24) is 0 Å². The lowest BCUT2D eigenvalue weighted by molar-refractivity contribution is 0.0505. The van der Waals surface area contributed by atoms with E-state index in [0.717, 1.165) is 61.1 Å². The Bertz CT molecular complexity index is 1210. The second-order valence-corrected chi connectivity index (χ2v) is 9.95. The van der Waals surface area contributed by atoms with Crippen LogP contribution in [0.15, 0.2) is 34.7 Å². The number of amides is 1. The minimum Gasteiger partial charge on any atom is -0.486 e. The Hall–Kier alpha value is -3.06. The number of thiophene rings is 1. The summed E-state index contributed by atoms with van der Waals surface area (Å²) in [4.78, 5) is 26.9. The van der Waals surface area contributed by atoms with Crippen LogP contribution < -0.4 is 10.1 Å². The molecule has 0 atom stereocenters. The number of hydrogen-bond acceptors (Lipinski definition) is 6. The van der Waals surface area contributed by atoms with Gasteiger partial charge in [0.1, 0.15) is 23.1 Å². The van der Waals surface area contributed by atoms with Crippen LogP contribution in [0, 0.1) is 0 Å². The smallest absolute Gasteiger partial charge is 0.341 e. The molecule has 0 bridgehead atoms. The highest BCUT2D eigenvalue weighted by atomic mass is 32.1. The third-order valence-corrected chi connectivity index (χ3v) is 7.58. The molecule has 2 aliphatic carbocycles. The maximum absolute atomic E-state index is 12.9. The van der Waals surface area contributed by atoms with E-state index >= 15 is 0 Å². The van der Waals surface area contributed by atoms with Crippen molar-refractivity contribution in [3.05, 3.63) is 69.0 Å². The van der Waals surface area contributed by atoms with Gasteiger partial charge in [0, 0.05) is 4.88 Å². The standard InChI is InChI=1S/C27H29NO5S/c1-2-14-31-27(30)24-21-8-3-4-9-23(21)34-26(24)28-25(29)22-13-12-20(33-22)16-32-19-11-10-17-6-5-7-18(17)15-19/h10-13,15H,2-9,14,16H2,1H3,(H,28,29). The first-order valence-electron chi connectivity index (χ1n) is 12.1. The molecule has 7 heteroatoms. The molecule has 0 saturated carbocycles. The number of anilines is 1. The molecule has 5 rings (SSSR count). The van der Waals surface area contributed by atoms with Gasteiger partial charge in [-0.25, -0.2) is 4.79 Å². The van der Waals surface area contributed by atoms with Crippen molar-refractivity contribution in [2.24, 2.45) is 0 Å². The van der Waals surface area contributed by atoms with Gasteiger partial charge in [-0.1, -0.05) is 13.0 Å². The molecule has 3 aromatic rings. The van der Waals surface area contributed by atoms with Crippen LogP contribution in [0.25, 0.3) is 0 Å². The third kappa shape index (κ3) is 4.75. The zero-order valence-corrected chi connectivity index (χ0v) is 20.2.